The van der Waals surface area contributed by atoms with Crippen LogP contribution in [0.25, 0.3) is 0 Å². The molecule has 0 spiro atoms. The number of hydrogen-bond acceptors (Lipinski definition) is 3. The fourth-order valence-electron chi connectivity index (χ4n) is 1.36. The van der Waals surface area contributed by atoms with Crippen molar-refractivity contribution >= 4 is 11.7 Å². The quantitative estimate of drug-likeness (QED) is 0.816. The Balaban J connectivity index is 2.39. The lowest BCUT2D eigenvalue weighted by atomic mass is 10.2. The van der Waals surface area contributed by atoms with E-state index in [9.17, 15) is 9.59 Å². The first kappa shape index (κ1) is 13.2. The molecule has 4 nitrogen and oxygen atoms in total. The lowest BCUT2D eigenvalue weighted by Gasteiger charge is -2.06. The third kappa shape index (κ3) is 5.15. The topological polar surface area (TPSA) is 55.4 Å². The molecule has 92 valence electrons. The molecule has 0 aliphatic heterocycles. The highest BCUT2D eigenvalue weighted by atomic mass is 16.5. The van der Waals surface area contributed by atoms with Crippen molar-refractivity contribution in [1.29, 1.82) is 0 Å². The molecule has 0 unspecified atom stereocenters. The van der Waals surface area contributed by atoms with Crippen LogP contribution in [0.3, 0.4) is 0 Å². The number of Topliss-reactive ketones (excluding diaryl/α,β-unsaturated/α-hetero) is 1. The highest BCUT2D eigenvalue weighted by Gasteiger charge is 2.03. The molecule has 1 rings (SSSR count). The van der Waals surface area contributed by atoms with Gasteiger partial charge in [0.15, 0.2) is 0 Å². The van der Waals surface area contributed by atoms with Crippen LogP contribution in [0.5, 0.6) is 5.75 Å². The molecular formula is C13H17NO3. The molecule has 4 heteroatoms. The summed E-state index contributed by atoms with van der Waals surface area (Å²) in [4.78, 5) is 22.1. The molecule has 0 fully saturated rings. The van der Waals surface area contributed by atoms with Crippen molar-refractivity contribution in [3.8, 4) is 5.75 Å². The second-order valence-corrected chi connectivity index (χ2v) is 3.83. The van der Waals surface area contributed by atoms with Gasteiger partial charge in [-0.3, -0.25) is 4.79 Å². The smallest absolute Gasteiger partial charge is 0.220 e. The Morgan fingerprint density at radius 2 is 2.06 bits per heavy atom. The molecule has 0 radical (unpaired) electrons. The summed E-state index contributed by atoms with van der Waals surface area (Å²) in [7, 11) is 1.60. The maximum Gasteiger partial charge on any atom is 0.220 e. The van der Waals surface area contributed by atoms with E-state index in [0.717, 1.165) is 11.3 Å². The van der Waals surface area contributed by atoms with Crippen LogP contribution in [0.2, 0.25) is 0 Å². The normalized spacial score (nSPS) is 9.76. The number of carbonyl (C=O) groups excluding carboxylic acids is 2. The van der Waals surface area contributed by atoms with E-state index in [1.807, 2.05) is 24.3 Å². The summed E-state index contributed by atoms with van der Waals surface area (Å²) in [5.41, 5.74) is 0.973. The second-order valence-electron chi connectivity index (χ2n) is 3.83. The summed E-state index contributed by atoms with van der Waals surface area (Å²) in [6, 6.07) is 7.50. The summed E-state index contributed by atoms with van der Waals surface area (Å²) >= 11 is 0. The maximum absolute atomic E-state index is 11.4. The Hall–Kier alpha value is -1.84. The lowest BCUT2D eigenvalue weighted by molar-refractivity contribution is -0.124. The molecule has 1 N–H and O–H groups in total. The van der Waals surface area contributed by atoms with E-state index in [4.69, 9.17) is 4.74 Å². The summed E-state index contributed by atoms with van der Waals surface area (Å²) in [5.74, 6) is 0.685. The molecule has 1 aromatic carbocycles. The van der Waals surface area contributed by atoms with Crippen LogP contribution in [0.15, 0.2) is 24.3 Å². The summed E-state index contributed by atoms with van der Waals surface area (Å²) < 4.78 is 5.08. The molecule has 0 heterocycles. The predicted octanol–water partition coefficient (Wildman–Crippen LogP) is 1.68. The standard InChI is InChI=1S/C13H17NO3/c1-10(15)6-7-13(16)14-9-11-4-3-5-12(8-11)17-2/h3-5,8H,6-7,9H2,1-2H3,(H,14,16). The second kappa shape index (κ2) is 6.68. The van der Waals surface area contributed by atoms with Gasteiger partial charge in [-0.2, -0.15) is 0 Å². The van der Waals surface area contributed by atoms with Crippen LogP contribution >= 0.6 is 0 Å². The average Bonchev–Trinajstić information content (AvgIpc) is 2.34. The number of hydrogen-bond donors (Lipinski definition) is 1. The number of benzene rings is 1. The van der Waals surface area contributed by atoms with E-state index in [1.165, 1.54) is 6.92 Å². The third-order valence-corrected chi connectivity index (χ3v) is 2.33. The Morgan fingerprint density at radius 3 is 2.71 bits per heavy atom. The Bertz CT molecular complexity index is 401. The molecule has 0 aliphatic rings. The van der Waals surface area contributed by atoms with Gasteiger partial charge in [0.1, 0.15) is 11.5 Å². The summed E-state index contributed by atoms with van der Waals surface area (Å²) in [5, 5.41) is 2.76. The minimum Gasteiger partial charge on any atom is -0.497 e. The molecular weight excluding hydrogens is 218 g/mol. The minimum atomic E-state index is -0.108. The first-order valence-electron chi connectivity index (χ1n) is 5.51. The molecule has 0 aromatic heterocycles. The van der Waals surface area contributed by atoms with E-state index in [0.29, 0.717) is 13.0 Å². The van der Waals surface area contributed by atoms with Crippen molar-refractivity contribution in [2.45, 2.75) is 26.3 Å². The van der Waals surface area contributed by atoms with Gasteiger partial charge in [-0.05, 0) is 24.6 Å². The van der Waals surface area contributed by atoms with E-state index in [1.54, 1.807) is 7.11 Å². The monoisotopic (exact) mass is 235 g/mol. The number of rotatable bonds is 6. The first-order valence-corrected chi connectivity index (χ1v) is 5.51. The Morgan fingerprint density at radius 1 is 1.29 bits per heavy atom. The van der Waals surface area contributed by atoms with E-state index in [2.05, 4.69) is 5.32 Å². The van der Waals surface area contributed by atoms with E-state index in [-0.39, 0.29) is 18.1 Å². The zero-order chi connectivity index (χ0) is 12.7. The van der Waals surface area contributed by atoms with Gasteiger partial charge < -0.3 is 14.8 Å². The SMILES string of the molecule is COc1cccc(CNC(=O)CCC(C)=O)c1. The largest absolute Gasteiger partial charge is 0.497 e. The van der Waals surface area contributed by atoms with Gasteiger partial charge >= 0.3 is 0 Å². The van der Waals surface area contributed by atoms with Crippen molar-refractivity contribution in [3.63, 3.8) is 0 Å². The van der Waals surface area contributed by atoms with Crippen LogP contribution in [0.1, 0.15) is 25.3 Å². The Labute approximate surface area is 101 Å². The molecule has 17 heavy (non-hydrogen) atoms. The number of carbonyl (C=O) groups is 2. The van der Waals surface area contributed by atoms with Crippen molar-refractivity contribution in [2.75, 3.05) is 7.11 Å². The van der Waals surface area contributed by atoms with Gasteiger partial charge in [0.05, 0.1) is 7.11 Å². The van der Waals surface area contributed by atoms with Gasteiger partial charge in [0, 0.05) is 19.4 Å². The Kier molecular flexibility index (Phi) is 5.20. The zero-order valence-corrected chi connectivity index (χ0v) is 10.2. The molecule has 0 saturated heterocycles. The van der Waals surface area contributed by atoms with E-state index < -0.39 is 0 Å². The maximum atomic E-state index is 11.4. The summed E-state index contributed by atoms with van der Waals surface area (Å²) in [6.45, 7) is 1.93. The minimum absolute atomic E-state index is 0.0292. The lowest BCUT2D eigenvalue weighted by Crippen LogP contribution is -2.22. The molecule has 1 amide bonds. The van der Waals surface area contributed by atoms with Crippen LogP contribution < -0.4 is 10.1 Å². The van der Waals surface area contributed by atoms with Crippen molar-refractivity contribution in [3.05, 3.63) is 29.8 Å². The fourth-order valence-corrected chi connectivity index (χ4v) is 1.36. The molecule has 0 atom stereocenters. The number of methoxy groups -OCH3 is 1. The van der Waals surface area contributed by atoms with E-state index >= 15 is 0 Å². The molecule has 0 saturated carbocycles. The van der Waals surface area contributed by atoms with Crippen molar-refractivity contribution < 1.29 is 14.3 Å². The van der Waals surface area contributed by atoms with Crippen LogP contribution in [-0.4, -0.2) is 18.8 Å². The number of amides is 1. The number of ether oxygens (including phenoxy) is 1. The van der Waals surface area contributed by atoms with Gasteiger partial charge in [-0.1, -0.05) is 12.1 Å². The van der Waals surface area contributed by atoms with Crippen molar-refractivity contribution in [2.24, 2.45) is 0 Å². The van der Waals surface area contributed by atoms with Crippen LogP contribution in [0.4, 0.5) is 0 Å². The third-order valence-electron chi connectivity index (χ3n) is 2.33. The fraction of sp³-hybridized carbons (Fsp3) is 0.385. The molecule has 0 bridgehead atoms. The molecule has 1 aromatic rings. The highest BCUT2D eigenvalue weighted by Crippen LogP contribution is 2.12. The average molecular weight is 235 g/mol. The van der Waals surface area contributed by atoms with Gasteiger partial charge in [-0.15, -0.1) is 0 Å². The summed E-state index contributed by atoms with van der Waals surface area (Å²) in [6.07, 6.45) is 0.545. The van der Waals surface area contributed by atoms with Gasteiger partial charge in [-0.25, -0.2) is 0 Å². The number of nitrogens with one attached hydrogen (secondary N) is 1. The zero-order valence-electron chi connectivity index (χ0n) is 10.2. The van der Waals surface area contributed by atoms with Gasteiger partial charge in [0.25, 0.3) is 0 Å². The predicted molar refractivity (Wildman–Crippen MR) is 64.8 cm³/mol. The van der Waals surface area contributed by atoms with Crippen LogP contribution in [-0.2, 0) is 16.1 Å². The van der Waals surface area contributed by atoms with Crippen molar-refractivity contribution in [1.82, 2.24) is 5.32 Å². The van der Waals surface area contributed by atoms with Gasteiger partial charge in [0.2, 0.25) is 5.91 Å². The highest BCUT2D eigenvalue weighted by molar-refractivity contribution is 5.83. The number of ketones is 1. The molecule has 0 aliphatic carbocycles. The first-order chi connectivity index (χ1) is 8.11. The van der Waals surface area contributed by atoms with Crippen LogP contribution in [0, 0.1) is 0 Å².